The van der Waals surface area contributed by atoms with Crippen molar-refractivity contribution in [2.45, 2.75) is 43.8 Å². The van der Waals surface area contributed by atoms with Crippen molar-refractivity contribution in [3.05, 3.63) is 13.2 Å². The van der Waals surface area contributed by atoms with Crippen LogP contribution in [0.1, 0.15) is 32.6 Å². The van der Waals surface area contributed by atoms with Crippen LogP contribution in [0.2, 0.25) is 0 Å². The lowest BCUT2D eigenvalue weighted by Crippen LogP contribution is -2.45. The SMILES string of the molecule is C=C.CC(=O)[C@@]1(F)CNC2(CCC2)C1. The van der Waals surface area contributed by atoms with Crippen LogP contribution < -0.4 is 5.32 Å². The molecule has 1 spiro atoms. The van der Waals surface area contributed by atoms with Crippen molar-refractivity contribution < 1.29 is 9.18 Å². The molecule has 1 saturated carbocycles. The molecule has 1 saturated heterocycles. The van der Waals surface area contributed by atoms with Gasteiger partial charge in [0, 0.05) is 18.5 Å². The van der Waals surface area contributed by atoms with E-state index in [-0.39, 0.29) is 17.9 Å². The van der Waals surface area contributed by atoms with E-state index < -0.39 is 5.67 Å². The Bertz CT molecular complexity index is 237. The van der Waals surface area contributed by atoms with Gasteiger partial charge in [-0.1, -0.05) is 0 Å². The van der Waals surface area contributed by atoms with Crippen LogP contribution in [0, 0.1) is 0 Å². The second kappa shape index (κ2) is 3.81. The summed E-state index contributed by atoms with van der Waals surface area (Å²) in [6.07, 6.45) is 3.63. The highest BCUT2D eigenvalue weighted by Crippen LogP contribution is 2.44. The van der Waals surface area contributed by atoms with Gasteiger partial charge in [-0.15, -0.1) is 13.2 Å². The summed E-state index contributed by atoms with van der Waals surface area (Å²) in [6.45, 7) is 7.57. The molecule has 1 aliphatic carbocycles. The molecule has 1 aliphatic heterocycles. The molecule has 2 aliphatic rings. The van der Waals surface area contributed by atoms with Crippen LogP contribution in [-0.2, 0) is 4.79 Å². The molecular formula is C11H18FNO. The summed E-state index contributed by atoms with van der Waals surface area (Å²) >= 11 is 0. The lowest BCUT2D eigenvalue weighted by atomic mass is 9.73. The van der Waals surface area contributed by atoms with E-state index >= 15 is 0 Å². The number of hydrogen-bond donors (Lipinski definition) is 1. The molecule has 14 heavy (non-hydrogen) atoms. The quantitative estimate of drug-likeness (QED) is 0.654. The molecule has 1 heterocycles. The molecule has 1 atom stereocenters. The number of alkyl halides is 1. The molecule has 0 unspecified atom stereocenters. The summed E-state index contributed by atoms with van der Waals surface area (Å²) in [4.78, 5) is 11.0. The van der Waals surface area contributed by atoms with Gasteiger partial charge in [-0.25, -0.2) is 4.39 Å². The fourth-order valence-electron chi connectivity index (χ4n) is 2.20. The average Bonchev–Trinajstić information content (AvgIpc) is 2.48. The van der Waals surface area contributed by atoms with Crippen LogP contribution >= 0.6 is 0 Å². The Balaban J connectivity index is 0.000000461. The van der Waals surface area contributed by atoms with Crippen LogP contribution in [0.5, 0.6) is 0 Å². The smallest absolute Gasteiger partial charge is 0.182 e. The first-order valence-electron chi connectivity index (χ1n) is 5.01. The first-order chi connectivity index (χ1) is 6.56. The topological polar surface area (TPSA) is 29.1 Å². The minimum absolute atomic E-state index is 0.0135. The lowest BCUT2D eigenvalue weighted by molar-refractivity contribution is -0.127. The second-order valence-electron chi connectivity index (χ2n) is 4.19. The molecule has 0 aromatic rings. The largest absolute Gasteiger partial charge is 0.307 e. The third-order valence-electron chi connectivity index (χ3n) is 3.30. The van der Waals surface area contributed by atoms with Crippen LogP contribution in [0.25, 0.3) is 0 Å². The monoisotopic (exact) mass is 199 g/mol. The summed E-state index contributed by atoms with van der Waals surface area (Å²) in [6, 6.07) is 0. The van der Waals surface area contributed by atoms with Gasteiger partial charge >= 0.3 is 0 Å². The number of rotatable bonds is 1. The molecule has 0 aromatic carbocycles. The van der Waals surface area contributed by atoms with Gasteiger partial charge in [-0.05, 0) is 26.2 Å². The average molecular weight is 199 g/mol. The highest BCUT2D eigenvalue weighted by molar-refractivity contribution is 5.85. The summed E-state index contributed by atoms with van der Waals surface area (Å²) in [5.41, 5.74) is -1.58. The highest BCUT2D eigenvalue weighted by atomic mass is 19.1. The summed E-state index contributed by atoms with van der Waals surface area (Å²) < 4.78 is 13.7. The van der Waals surface area contributed by atoms with E-state index in [0.29, 0.717) is 6.42 Å². The van der Waals surface area contributed by atoms with E-state index in [1.807, 2.05) is 0 Å². The fourth-order valence-corrected chi connectivity index (χ4v) is 2.20. The number of ketones is 1. The molecule has 80 valence electrons. The Morgan fingerprint density at radius 1 is 1.43 bits per heavy atom. The normalized spacial score (nSPS) is 33.0. The van der Waals surface area contributed by atoms with Gasteiger partial charge in [0.1, 0.15) is 0 Å². The Kier molecular flexibility index (Phi) is 3.10. The number of Topliss-reactive ketones (excluding diaryl/α,β-unsaturated/α-hetero) is 1. The van der Waals surface area contributed by atoms with Crippen molar-refractivity contribution in [3.8, 4) is 0 Å². The van der Waals surface area contributed by atoms with E-state index in [0.717, 1.165) is 12.8 Å². The Morgan fingerprint density at radius 3 is 2.21 bits per heavy atom. The standard InChI is InChI=1S/C9H14FNO.C2H4/c1-7(12)9(10)5-8(11-6-9)3-2-4-8;1-2/h11H,2-6H2,1H3;1-2H2/t9-;/m0./s1. The molecule has 2 fully saturated rings. The van der Waals surface area contributed by atoms with Crippen molar-refractivity contribution in [2.75, 3.05) is 6.54 Å². The van der Waals surface area contributed by atoms with Gasteiger partial charge < -0.3 is 5.32 Å². The minimum Gasteiger partial charge on any atom is -0.307 e. The molecule has 0 aromatic heterocycles. The maximum absolute atomic E-state index is 13.7. The van der Waals surface area contributed by atoms with E-state index in [2.05, 4.69) is 18.5 Å². The Labute approximate surface area is 84.6 Å². The van der Waals surface area contributed by atoms with Gasteiger partial charge in [-0.2, -0.15) is 0 Å². The van der Waals surface area contributed by atoms with E-state index in [9.17, 15) is 9.18 Å². The molecule has 2 nitrogen and oxygen atoms in total. The lowest BCUT2D eigenvalue weighted by Gasteiger charge is -2.38. The molecule has 0 radical (unpaired) electrons. The Morgan fingerprint density at radius 2 is 2.00 bits per heavy atom. The molecule has 1 N–H and O–H groups in total. The van der Waals surface area contributed by atoms with Crippen molar-refractivity contribution in [3.63, 3.8) is 0 Å². The van der Waals surface area contributed by atoms with Crippen LogP contribution in [-0.4, -0.2) is 23.5 Å². The number of carbonyl (C=O) groups is 1. The van der Waals surface area contributed by atoms with E-state index in [1.54, 1.807) is 0 Å². The van der Waals surface area contributed by atoms with Gasteiger partial charge in [0.25, 0.3) is 0 Å². The summed E-state index contributed by atoms with van der Waals surface area (Å²) in [5, 5.41) is 3.15. The van der Waals surface area contributed by atoms with Crippen molar-refractivity contribution >= 4 is 5.78 Å². The third-order valence-corrected chi connectivity index (χ3v) is 3.30. The van der Waals surface area contributed by atoms with Crippen molar-refractivity contribution in [2.24, 2.45) is 0 Å². The molecular weight excluding hydrogens is 181 g/mol. The zero-order valence-corrected chi connectivity index (χ0v) is 8.74. The highest BCUT2D eigenvalue weighted by Gasteiger charge is 2.53. The maximum Gasteiger partial charge on any atom is 0.182 e. The second-order valence-corrected chi connectivity index (χ2v) is 4.19. The molecule has 0 bridgehead atoms. The van der Waals surface area contributed by atoms with Gasteiger partial charge in [0.2, 0.25) is 0 Å². The number of carbonyl (C=O) groups excluding carboxylic acids is 1. The zero-order chi connectivity index (χ0) is 10.8. The Hall–Kier alpha value is -0.700. The maximum atomic E-state index is 13.7. The zero-order valence-electron chi connectivity index (χ0n) is 8.74. The van der Waals surface area contributed by atoms with Crippen molar-refractivity contribution in [1.29, 1.82) is 0 Å². The van der Waals surface area contributed by atoms with Gasteiger partial charge in [-0.3, -0.25) is 4.79 Å². The predicted molar refractivity (Wildman–Crippen MR) is 55.0 cm³/mol. The number of nitrogens with one attached hydrogen (secondary N) is 1. The summed E-state index contributed by atoms with van der Waals surface area (Å²) in [5.74, 6) is -0.321. The van der Waals surface area contributed by atoms with E-state index in [1.165, 1.54) is 13.3 Å². The molecule has 0 amide bonds. The van der Waals surface area contributed by atoms with Gasteiger partial charge in [0.05, 0.1) is 0 Å². The van der Waals surface area contributed by atoms with Crippen LogP contribution in [0.3, 0.4) is 0 Å². The first kappa shape index (κ1) is 11.4. The van der Waals surface area contributed by atoms with Crippen LogP contribution in [0.4, 0.5) is 4.39 Å². The number of hydrogen-bond acceptors (Lipinski definition) is 2. The van der Waals surface area contributed by atoms with Crippen LogP contribution in [0.15, 0.2) is 13.2 Å². The first-order valence-corrected chi connectivity index (χ1v) is 5.01. The van der Waals surface area contributed by atoms with Crippen molar-refractivity contribution in [1.82, 2.24) is 5.32 Å². The molecule has 3 heteroatoms. The fraction of sp³-hybridized carbons (Fsp3) is 0.727. The minimum atomic E-state index is -1.57. The number of halogens is 1. The molecule has 2 rings (SSSR count). The van der Waals surface area contributed by atoms with Gasteiger partial charge in [0.15, 0.2) is 11.5 Å². The predicted octanol–water partition coefficient (Wildman–Crippen LogP) is 2.00. The third kappa shape index (κ3) is 1.73. The summed E-state index contributed by atoms with van der Waals surface area (Å²) in [7, 11) is 0. The van der Waals surface area contributed by atoms with E-state index in [4.69, 9.17) is 0 Å².